The monoisotopic (exact) mass is 797 g/mol. The minimum Gasteiger partial charge on any atom is -0.506 e. The van der Waals surface area contributed by atoms with E-state index in [0.29, 0.717) is 40.9 Å². The lowest BCUT2D eigenvalue weighted by Crippen LogP contribution is -2.33. The number of anilines is 1. The number of hydrogen-bond acceptors (Lipinski definition) is 10. The number of likely N-dealkylation sites (N-methyl/N-ethyl adjacent to an activating group) is 1. The SMILES string of the molecule is COc1cc(OCC(=O)N(C)CCc2ccc(-c3ccccc3)c(NC(=O)OC3CCC(N)CC3)c2)c(Cl)cc1CNC[C@@H](O)c1ccc(O)c2[nH]c(=O)ccc12. The molecule has 0 radical (unpaired) electrons. The summed E-state index contributed by atoms with van der Waals surface area (Å²) < 4.78 is 17.2. The number of rotatable bonds is 15. The number of ether oxygens (including phenoxy) is 3. The van der Waals surface area contributed by atoms with Crippen LogP contribution in [0, 0.1) is 0 Å². The van der Waals surface area contributed by atoms with E-state index in [1.165, 1.54) is 19.2 Å². The number of aliphatic hydroxyl groups excluding tert-OH is 1. The van der Waals surface area contributed by atoms with E-state index < -0.39 is 12.2 Å². The van der Waals surface area contributed by atoms with Crippen LogP contribution < -0.4 is 31.4 Å². The Bertz CT molecular complexity index is 2240. The second-order valence-corrected chi connectivity index (χ2v) is 14.6. The minimum atomic E-state index is -0.950. The van der Waals surface area contributed by atoms with E-state index in [0.717, 1.165) is 42.4 Å². The molecule has 2 amide bonds. The summed E-state index contributed by atoms with van der Waals surface area (Å²) in [6.07, 6.45) is 2.04. The van der Waals surface area contributed by atoms with Gasteiger partial charge in [-0.25, -0.2) is 4.79 Å². The number of nitrogens with one attached hydrogen (secondary N) is 3. The third kappa shape index (κ3) is 10.6. The van der Waals surface area contributed by atoms with Crippen molar-refractivity contribution in [1.29, 1.82) is 0 Å². The summed E-state index contributed by atoms with van der Waals surface area (Å²) in [4.78, 5) is 42.1. The predicted octanol–water partition coefficient (Wildman–Crippen LogP) is 6.28. The topological polar surface area (TPSA) is 188 Å². The first kappa shape index (κ1) is 41.0. The van der Waals surface area contributed by atoms with Gasteiger partial charge in [-0.3, -0.25) is 14.9 Å². The molecule has 1 aliphatic carbocycles. The fourth-order valence-corrected chi connectivity index (χ4v) is 7.15. The molecule has 0 bridgehead atoms. The summed E-state index contributed by atoms with van der Waals surface area (Å²) in [5, 5.41) is 28.1. The molecule has 1 atom stereocenters. The van der Waals surface area contributed by atoms with E-state index in [-0.39, 0.29) is 65.3 Å². The number of benzene rings is 4. The van der Waals surface area contributed by atoms with Crippen LogP contribution in [-0.2, 0) is 22.5 Å². The molecule has 0 unspecified atom stereocenters. The van der Waals surface area contributed by atoms with Gasteiger partial charge >= 0.3 is 6.09 Å². The number of hydrogen-bond donors (Lipinski definition) is 6. The number of fused-ring (bicyclic) bond motifs is 1. The third-order valence-corrected chi connectivity index (χ3v) is 10.5. The predicted molar refractivity (Wildman–Crippen MR) is 220 cm³/mol. The number of nitrogens with zero attached hydrogens (tertiary/aromatic N) is 1. The van der Waals surface area contributed by atoms with Gasteiger partial charge in [0.2, 0.25) is 5.56 Å². The average molecular weight is 798 g/mol. The zero-order valence-electron chi connectivity index (χ0n) is 31.9. The largest absolute Gasteiger partial charge is 0.506 e. The molecule has 4 aromatic carbocycles. The van der Waals surface area contributed by atoms with Crippen LogP contribution in [0.3, 0.4) is 0 Å². The highest BCUT2D eigenvalue weighted by Gasteiger charge is 2.23. The molecule has 1 aliphatic rings. The first-order valence-electron chi connectivity index (χ1n) is 18.9. The van der Waals surface area contributed by atoms with Gasteiger partial charge in [-0.2, -0.15) is 0 Å². The average Bonchev–Trinajstić information content (AvgIpc) is 3.21. The summed E-state index contributed by atoms with van der Waals surface area (Å²) in [6.45, 7) is 0.573. The van der Waals surface area contributed by atoms with Crippen molar-refractivity contribution >= 4 is 40.2 Å². The fourth-order valence-electron chi connectivity index (χ4n) is 6.91. The Morgan fingerprint density at radius 3 is 2.53 bits per heavy atom. The van der Waals surface area contributed by atoms with Crippen LogP contribution in [0.4, 0.5) is 10.5 Å². The van der Waals surface area contributed by atoms with Crippen molar-refractivity contribution in [3.63, 3.8) is 0 Å². The van der Waals surface area contributed by atoms with Crippen molar-refractivity contribution in [3.8, 4) is 28.4 Å². The Balaban J connectivity index is 1.03. The van der Waals surface area contributed by atoms with Gasteiger partial charge in [0, 0.05) is 61.4 Å². The number of carbonyl (C=O) groups excluding carboxylic acids is 2. The quantitative estimate of drug-likeness (QED) is 0.0703. The second kappa shape index (κ2) is 19.0. The first-order valence-corrected chi connectivity index (χ1v) is 19.2. The molecule has 13 nitrogen and oxygen atoms in total. The van der Waals surface area contributed by atoms with Crippen LogP contribution >= 0.6 is 11.6 Å². The van der Waals surface area contributed by atoms with Crippen molar-refractivity contribution in [2.45, 2.75) is 56.9 Å². The molecular weight excluding hydrogens is 750 g/mol. The minimum absolute atomic E-state index is 0.0868. The van der Waals surface area contributed by atoms with E-state index in [4.69, 9.17) is 31.5 Å². The molecule has 14 heteroatoms. The van der Waals surface area contributed by atoms with E-state index in [1.807, 2.05) is 48.5 Å². The van der Waals surface area contributed by atoms with E-state index in [9.17, 15) is 24.6 Å². The fraction of sp³-hybridized carbons (Fsp3) is 0.326. The molecule has 1 heterocycles. The first-order chi connectivity index (χ1) is 27.5. The molecule has 57 heavy (non-hydrogen) atoms. The Morgan fingerprint density at radius 1 is 1.00 bits per heavy atom. The van der Waals surface area contributed by atoms with Gasteiger partial charge in [-0.15, -0.1) is 0 Å². The van der Waals surface area contributed by atoms with Crippen molar-refractivity contribution in [1.82, 2.24) is 15.2 Å². The van der Waals surface area contributed by atoms with Gasteiger partial charge < -0.3 is 45.4 Å². The number of carbonyl (C=O) groups is 2. The number of phenols is 1. The van der Waals surface area contributed by atoms with Crippen LogP contribution in [0.1, 0.15) is 48.5 Å². The maximum Gasteiger partial charge on any atom is 0.411 e. The third-order valence-electron chi connectivity index (χ3n) is 10.2. The molecular formula is C43H48ClN5O8. The van der Waals surface area contributed by atoms with Crippen molar-refractivity contribution in [2.24, 2.45) is 5.73 Å². The Labute approximate surface area is 335 Å². The van der Waals surface area contributed by atoms with E-state index in [1.54, 1.807) is 36.2 Å². The number of methoxy groups -OCH3 is 1. The van der Waals surface area contributed by atoms with Gasteiger partial charge in [0.1, 0.15) is 23.4 Å². The lowest BCUT2D eigenvalue weighted by Gasteiger charge is -2.26. The molecule has 1 saturated carbocycles. The number of aliphatic hydroxyl groups is 1. The van der Waals surface area contributed by atoms with Crippen LogP contribution in [0.15, 0.2) is 89.7 Å². The Kier molecular flexibility index (Phi) is 13.7. The van der Waals surface area contributed by atoms with Crippen molar-refractivity contribution in [2.75, 3.05) is 39.2 Å². The van der Waals surface area contributed by atoms with Gasteiger partial charge in [-0.1, -0.05) is 60.1 Å². The number of pyridine rings is 1. The number of aromatic nitrogens is 1. The van der Waals surface area contributed by atoms with Crippen LogP contribution in [0.5, 0.6) is 17.2 Å². The normalized spacial score (nSPS) is 15.8. The summed E-state index contributed by atoms with van der Waals surface area (Å²) >= 11 is 6.58. The lowest BCUT2D eigenvalue weighted by atomic mass is 9.94. The highest BCUT2D eigenvalue weighted by molar-refractivity contribution is 6.32. The number of aromatic hydroxyl groups is 1. The summed E-state index contributed by atoms with van der Waals surface area (Å²) in [6, 6.07) is 25.0. The molecule has 6 rings (SSSR count). The summed E-state index contributed by atoms with van der Waals surface area (Å²) in [5.41, 5.74) is 10.5. The van der Waals surface area contributed by atoms with Gasteiger partial charge in [-0.05, 0) is 73.1 Å². The summed E-state index contributed by atoms with van der Waals surface area (Å²) in [7, 11) is 3.21. The summed E-state index contributed by atoms with van der Waals surface area (Å²) in [5.74, 6) is 0.403. The molecule has 0 aliphatic heterocycles. The van der Waals surface area contributed by atoms with Gasteiger partial charge in [0.25, 0.3) is 5.91 Å². The lowest BCUT2D eigenvalue weighted by molar-refractivity contribution is -0.132. The maximum absolute atomic E-state index is 13.2. The van der Waals surface area contributed by atoms with Crippen LogP contribution in [-0.4, -0.2) is 78.1 Å². The van der Waals surface area contributed by atoms with E-state index >= 15 is 0 Å². The standard InChI is InChI=1S/C43H48ClN5O8/c1-49(19-18-26-8-13-31(27-6-4-3-5-7-27)35(20-26)47-43(54)57-30-11-9-29(45)10-12-30)41(53)25-56-39-22-38(55-2)28(21-34(39)44)23-46-24-37(51)32-14-16-36(50)42-33(32)15-17-40(52)48-42/h3-8,13-17,20-22,29-30,37,46,50-51H,9-12,18-19,23-25,45H2,1-2H3,(H,47,54)(H,48,52)/t29?,30?,37-/m1/s1. The number of aromatic amines is 1. The number of phenolic OH excluding ortho intramolecular Hbond substituents is 1. The molecule has 5 aromatic rings. The zero-order chi connectivity index (χ0) is 40.5. The number of amides is 2. The van der Waals surface area contributed by atoms with Crippen LogP contribution in [0.25, 0.3) is 22.0 Å². The highest BCUT2D eigenvalue weighted by atomic mass is 35.5. The van der Waals surface area contributed by atoms with Crippen molar-refractivity contribution < 1.29 is 34.0 Å². The van der Waals surface area contributed by atoms with Crippen LogP contribution in [0.2, 0.25) is 5.02 Å². The number of nitrogens with two attached hydrogens (primary N) is 1. The zero-order valence-corrected chi connectivity index (χ0v) is 32.7. The molecule has 300 valence electrons. The second-order valence-electron chi connectivity index (χ2n) is 14.2. The van der Waals surface area contributed by atoms with Gasteiger partial charge in [0.05, 0.1) is 29.4 Å². The molecule has 0 spiro atoms. The smallest absolute Gasteiger partial charge is 0.411 e. The highest BCUT2D eigenvalue weighted by Crippen LogP contribution is 2.34. The molecule has 1 fully saturated rings. The Morgan fingerprint density at radius 2 is 1.77 bits per heavy atom. The molecule has 1 aromatic heterocycles. The van der Waals surface area contributed by atoms with Crippen molar-refractivity contribution in [3.05, 3.63) is 117 Å². The number of halogens is 1. The molecule has 0 saturated heterocycles. The molecule has 7 N–H and O–H groups in total. The maximum atomic E-state index is 13.2. The van der Waals surface area contributed by atoms with Gasteiger partial charge in [0.15, 0.2) is 6.61 Å². The number of H-pyrrole nitrogens is 1. The van der Waals surface area contributed by atoms with E-state index in [2.05, 4.69) is 15.6 Å². The Hall–Kier alpha value is -5.60.